The van der Waals surface area contributed by atoms with Crippen LogP contribution in [0.3, 0.4) is 0 Å². The van der Waals surface area contributed by atoms with Gasteiger partial charge in [0.05, 0.1) is 6.54 Å². The second-order valence-electron chi connectivity index (χ2n) is 6.08. The van der Waals surface area contributed by atoms with Crippen LogP contribution >= 0.6 is 0 Å². The molecule has 0 saturated carbocycles. The average Bonchev–Trinajstić information content (AvgIpc) is 2.72. The van der Waals surface area contributed by atoms with Crippen LogP contribution in [-0.2, 0) is 14.8 Å². The summed E-state index contributed by atoms with van der Waals surface area (Å²) in [6.45, 7) is -1.17. The monoisotopic (exact) mass is 447 g/mol. The Morgan fingerprint density at radius 1 is 1.23 bits per heavy atom. The van der Waals surface area contributed by atoms with Crippen molar-refractivity contribution in [1.29, 1.82) is 0 Å². The molecule has 0 aliphatic carbocycles. The van der Waals surface area contributed by atoms with E-state index in [2.05, 4.69) is 9.71 Å². The summed E-state index contributed by atoms with van der Waals surface area (Å²) >= 11 is 0. The lowest BCUT2D eigenvalue weighted by molar-refractivity contribution is -0.201. The minimum Gasteiger partial charge on any atom is -0.382 e. The molecule has 8 nitrogen and oxygen atoms in total. The van der Waals surface area contributed by atoms with Gasteiger partial charge in [-0.05, 0) is 18.7 Å². The van der Waals surface area contributed by atoms with E-state index in [1.165, 1.54) is 13.2 Å². The van der Waals surface area contributed by atoms with Crippen LogP contribution in [0.1, 0.15) is 27.7 Å². The van der Waals surface area contributed by atoms with Gasteiger partial charge in [0.15, 0.2) is 6.10 Å². The number of sulfonamides is 1. The third-order valence-corrected chi connectivity index (χ3v) is 5.65. The van der Waals surface area contributed by atoms with Gasteiger partial charge in [0.25, 0.3) is 5.91 Å². The highest BCUT2D eigenvalue weighted by Gasteiger charge is 2.39. The molecule has 0 aliphatic rings. The fraction of sp³-hybridized carbons (Fsp3) is 0.333. The van der Waals surface area contributed by atoms with Gasteiger partial charge in [-0.1, -0.05) is 30.3 Å². The summed E-state index contributed by atoms with van der Waals surface area (Å²) in [6, 6.07) is 9.88. The van der Waals surface area contributed by atoms with Crippen LogP contribution in [0.2, 0.25) is 0 Å². The molecule has 2 aromatic rings. The van der Waals surface area contributed by atoms with Crippen LogP contribution in [0, 0.1) is 0 Å². The first-order valence-electron chi connectivity index (χ1n) is 8.56. The number of aliphatic hydroxyl groups excluding tert-OH is 1. The van der Waals surface area contributed by atoms with Crippen molar-refractivity contribution in [3.05, 3.63) is 59.4 Å². The molecule has 0 fully saturated rings. The molecule has 0 radical (unpaired) electrons. The summed E-state index contributed by atoms with van der Waals surface area (Å²) in [6.07, 6.45) is -7.52. The molecular formula is C18H20F3N3O5S. The average molecular weight is 447 g/mol. The van der Waals surface area contributed by atoms with Crippen LogP contribution < -0.4 is 10.0 Å². The number of methoxy groups -OCH3 is 1. The van der Waals surface area contributed by atoms with Gasteiger partial charge >= 0.3 is 6.18 Å². The van der Waals surface area contributed by atoms with Gasteiger partial charge in [-0.25, -0.2) is 18.1 Å². The Kier molecular flexibility index (Phi) is 7.53. The Bertz CT molecular complexity index is 984. The smallest absolute Gasteiger partial charge is 0.382 e. The number of hydrogen-bond acceptors (Lipinski definition) is 6. The van der Waals surface area contributed by atoms with Gasteiger partial charge < -0.3 is 15.2 Å². The zero-order chi connectivity index (χ0) is 22.5. The lowest BCUT2D eigenvalue weighted by Gasteiger charge is -2.21. The maximum absolute atomic E-state index is 12.7. The van der Waals surface area contributed by atoms with Crippen LogP contribution in [-0.4, -0.2) is 57.4 Å². The van der Waals surface area contributed by atoms with E-state index in [4.69, 9.17) is 9.84 Å². The standard InChI is InChI=1S/C18H20F3N3O5S/c1-22-30(27,28)16-12(15(29-2)11-6-4-3-5-7-11)8-9-23-14(16)17(26)24-10-13(25)18(19,20)21/h3-9,13,15,22,25H,10H2,1-2H3,(H,24,26). The maximum atomic E-state index is 12.7. The van der Waals surface area contributed by atoms with Crippen LogP contribution in [0.5, 0.6) is 0 Å². The molecular weight excluding hydrogens is 427 g/mol. The largest absolute Gasteiger partial charge is 0.416 e. The number of hydrogen-bond donors (Lipinski definition) is 3. The van der Waals surface area contributed by atoms with E-state index in [0.717, 1.165) is 13.2 Å². The van der Waals surface area contributed by atoms with Gasteiger partial charge in [-0.2, -0.15) is 13.2 Å². The van der Waals surface area contributed by atoms with Crippen LogP contribution in [0.15, 0.2) is 47.5 Å². The van der Waals surface area contributed by atoms with Gasteiger partial charge in [0, 0.05) is 18.9 Å². The van der Waals surface area contributed by atoms with Crippen molar-refractivity contribution in [3.8, 4) is 0 Å². The minimum absolute atomic E-state index is 0.0644. The normalized spacial score (nSPS) is 14.2. The molecule has 1 heterocycles. The predicted molar refractivity (Wildman–Crippen MR) is 100 cm³/mol. The van der Waals surface area contributed by atoms with Crippen molar-refractivity contribution in [2.75, 3.05) is 20.7 Å². The number of rotatable bonds is 8. The molecule has 0 aliphatic heterocycles. The highest BCUT2D eigenvalue weighted by molar-refractivity contribution is 7.89. The number of amides is 1. The van der Waals surface area contributed by atoms with Crippen molar-refractivity contribution in [1.82, 2.24) is 15.0 Å². The van der Waals surface area contributed by atoms with Crippen molar-refractivity contribution in [2.24, 2.45) is 0 Å². The van der Waals surface area contributed by atoms with E-state index < -0.39 is 51.4 Å². The molecule has 0 saturated heterocycles. The number of pyridine rings is 1. The SMILES string of the molecule is CNS(=O)(=O)c1c(C(OC)c2ccccc2)ccnc1C(=O)NCC(O)C(F)(F)F. The molecule has 12 heteroatoms. The number of nitrogens with one attached hydrogen (secondary N) is 2. The lowest BCUT2D eigenvalue weighted by atomic mass is 10.0. The molecule has 1 amide bonds. The number of aliphatic hydroxyl groups is 1. The summed E-state index contributed by atoms with van der Waals surface area (Å²) in [5, 5.41) is 10.9. The highest BCUT2D eigenvalue weighted by atomic mass is 32.2. The summed E-state index contributed by atoms with van der Waals surface area (Å²) < 4.78 is 70.3. The number of halogens is 3. The second-order valence-corrected chi connectivity index (χ2v) is 7.90. The number of nitrogens with zero attached hydrogens (tertiary/aromatic N) is 1. The van der Waals surface area contributed by atoms with E-state index in [-0.39, 0.29) is 5.56 Å². The van der Waals surface area contributed by atoms with Crippen LogP contribution in [0.25, 0.3) is 0 Å². The van der Waals surface area contributed by atoms with E-state index in [1.807, 2.05) is 5.32 Å². The molecule has 2 unspecified atom stereocenters. The van der Waals surface area contributed by atoms with Gasteiger partial charge in [-0.15, -0.1) is 0 Å². The number of carbonyl (C=O) groups excluding carboxylic acids is 1. The quantitative estimate of drug-likeness (QED) is 0.563. The molecule has 1 aromatic heterocycles. The highest BCUT2D eigenvalue weighted by Crippen LogP contribution is 2.31. The number of ether oxygens (including phenoxy) is 1. The molecule has 0 spiro atoms. The third-order valence-electron chi connectivity index (χ3n) is 4.14. The maximum Gasteiger partial charge on any atom is 0.416 e. The molecule has 2 atom stereocenters. The molecule has 2 rings (SSSR count). The molecule has 0 bridgehead atoms. The molecule has 3 N–H and O–H groups in total. The molecule has 164 valence electrons. The van der Waals surface area contributed by atoms with Crippen molar-refractivity contribution in [2.45, 2.75) is 23.3 Å². The van der Waals surface area contributed by atoms with E-state index in [9.17, 15) is 26.4 Å². The van der Waals surface area contributed by atoms with E-state index >= 15 is 0 Å². The lowest BCUT2D eigenvalue weighted by Crippen LogP contribution is -2.41. The molecule has 30 heavy (non-hydrogen) atoms. The van der Waals surface area contributed by atoms with Crippen LogP contribution in [0.4, 0.5) is 13.2 Å². The fourth-order valence-electron chi connectivity index (χ4n) is 2.68. The second kappa shape index (κ2) is 9.51. The Balaban J connectivity index is 2.55. The Morgan fingerprint density at radius 2 is 1.87 bits per heavy atom. The van der Waals surface area contributed by atoms with Crippen molar-refractivity contribution < 1.29 is 36.2 Å². The summed E-state index contributed by atoms with van der Waals surface area (Å²) in [5.41, 5.74) is 0.0152. The number of benzene rings is 1. The van der Waals surface area contributed by atoms with Crippen molar-refractivity contribution in [3.63, 3.8) is 0 Å². The van der Waals surface area contributed by atoms with E-state index in [0.29, 0.717) is 5.56 Å². The summed E-state index contributed by atoms with van der Waals surface area (Å²) in [5.74, 6) is -1.20. The topological polar surface area (TPSA) is 118 Å². The number of alkyl halides is 3. The van der Waals surface area contributed by atoms with Crippen molar-refractivity contribution >= 4 is 15.9 Å². The van der Waals surface area contributed by atoms with Gasteiger partial charge in [0.2, 0.25) is 10.0 Å². The Hall–Kier alpha value is -2.54. The zero-order valence-electron chi connectivity index (χ0n) is 16.0. The number of aromatic nitrogens is 1. The van der Waals surface area contributed by atoms with Gasteiger partial charge in [0.1, 0.15) is 16.7 Å². The Labute approximate surface area is 171 Å². The minimum atomic E-state index is -4.95. The Morgan fingerprint density at radius 3 is 2.40 bits per heavy atom. The predicted octanol–water partition coefficient (Wildman–Crippen LogP) is 1.38. The first-order chi connectivity index (χ1) is 14.0. The van der Waals surface area contributed by atoms with E-state index in [1.54, 1.807) is 30.3 Å². The van der Waals surface area contributed by atoms with Gasteiger partial charge in [-0.3, -0.25) is 4.79 Å². The fourth-order valence-corrected chi connectivity index (χ4v) is 3.76. The first kappa shape index (κ1) is 23.7. The summed E-state index contributed by atoms with van der Waals surface area (Å²) in [7, 11) is -1.82. The third kappa shape index (κ3) is 5.33. The first-order valence-corrected chi connectivity index (χ1v) is 10.0. The zero-order valence-corrected chi connectivity index (χ0v) is 16.8. The summed E-state index contributed by atoms with van der Waals surface area (Å²) in [4.78, 5) is 15.7. The number of carbonyl (C=O) groups is 1. The molecule has 1 aromatic carbocycles.